The van der Waals surface area contributed by atoms with Crippen molar-refractivity contribution in [1.29, 1.82) is 0 Å². The molecule has 0 saturated heterocycles. The van der Waals surface area contributed by atoms with Gasteiger partial charge in [0.2, 0.25) is 5.89 Å². The lowest BCUT2D eigenvalue weighted by atomic mass is 10.1. The van der Waals surface area contributed by atoms with Crippen LogP contribution in [0.2, 0.25) is 0 Å². The van der Waals surface area contributed by atoms with Gasteiger partial charge in [0.05, 0.1) is 11.5 Å². The Hall–Kier alpha value is -2.87. The number of para-hydroxylation sites is 2. The zero-order valence-electron chi connectivity index (χ0n) is 13.4. The first-order valence-corrected chi connectivity index (χ1v) is 8.51. The van der Waals surface area contributed by atoms with E-state index in [0.29, 0.717) is 16.9 Å². The Morgan fingerprint density at radius 1 is 1.16 bits per heavy atom. The molecule has 0 radical (unpaired) electrons. The lowest BCUT2D eigenvalue weighted by Gasteiger charge is -2.05. The van der Waals surface area contributed by atoms with Crippen LogP contribution in [0.1, 0.15) is 5.56 Å². The summed E-state index contributed by atoms with van der Waals surface area (Å²) in [5.41, 5.74) is 1.97. The van der Waals surface area contributed by atoms with Crippen LogP contribution in [0.25, 0.3) is 11.5 Å². The van der Waals surface area contributed by atoms with Crippen molar-refractivity contribution in [3.05, 3.63) is 64.2 Å². The maximum atomic E-state index is 10.9. The van der Waals surface area contributed by atoms with Crippen LogP contribution in [0, 0.1) is 17.0 Å². The lowest BCUT2D eigenvalue weighted by Crippen LogP contribution is -2.02. The number of nitrogens with zero attached hydrogens (tertiary/aromatic N) is 3. The summed E-state index contributed by atoms with van der Waals surface area (Å²) in [5, 5.41) is 19.4. The second kappa shape index (κ2) is 7.80. The molecule has 128 valence electrons. The predicted molar refractivity (Wildman–Crippen MR) is 93.8 cm³/mol. The summed E-state index contributed by atoms with van der Waals surface area (Å²) in [6.45, 7) is 2.30. The molecular formula is C17H15N3O4S. The molecule has 0 amide bonds. The smallest absolute Gasteiger partial charge is 0.310 e. The fourth-order valence-electron chi connectivity index (χ4n) is 2.09. The Kier molecular flexibility index (Phi) is 5.30. The Morgan fingerprint density at radius 3 is 2.68 bits per heavy atom. The van der Waals surface area contributed by atoms with Crippen LogP contribution in [0.15, 0.2) is 58.2 Å². The number of thioether (sulfide) groups is 1. The number of hydrogen-bond acceptors (Lipinski definition) is 7. The Bertz CT molecular complexity index is 864. The maximum absolute atomic E-state index is 10.9. The average Bonchev–Trinajstić information content (AvgIpc) is 3.08. The molecule has 0 N–H and O–H groups in total. The molecule has 0 atom stereocenters. The maximum Gasteiger partial charge on any atom is 0.310 e. The molecule has 0 saturated carbocycles. The molecule has 25 heavy (non-hydrogen) atoms. The minimum absolute atomic E-state index is 0.0491. The van der Waals surface area contributed by atoms with Crippen molar-refractivity contribution >= 4 is 17.4 Å². The molecule has 0 fully saturated rings. The van der Waals surface area contributed by atoms with Crippen LogP contribution in [-0.4, -0.2) is 27.5 Å². The summed E-state index contributed by atoms with van der Waals surface area (Å²) in [6.07, 6.45) is 0. The first kappa shape index (κ1) is 17.0. The number of ether oxygens (including phenoxy) is 1. The van der Waals surface area contributed by atoms with Gasteiger partial charge < -0.3 is 9.15 Å². The first-order chi connectivity index (χ1) is 12.1. The van der Waals surface area contributed by atoms with E-state index in [9.17, 15) is 10.1 Å². The number of hydrogen-bond donors (Lipinski definition) is 0. The van der Waals surface area contributed by atoms with Gasteiger partial charge in [-0.3, -0.25) is 10.1 Å². The summed E-state index contributed by atoms with van der Waals surface area (Å²) >= 11 is 1.34. The normalized spacial score (nSPS) is 10.6. The van der Waals surface area contributed by atoms with Gasteiger partial charge in [0, 0.05) is 17.4 Å². The van der Waals surface area contributed by atoms with Crippen LogP contribution in [0.5, 0.6) is 5.75 Å². The summed E-state index contributed by atoms with van der Waals surface area (Å²) in [4.78, 5) is 10.5. The van der Waals surface area contributed by atoms with E-state index in [4.69, 9.17) is 9.15 Å². The van der Waals surface area contributed by atoms with Gasteiger partial charge >= 0.3 is 5.69 Å². The summed E-state index contributed by atoms with van der Waals surface area (Å²) in [5.74, 6) is 1.24. The standard InChI is InChI=1S/C17H15N3O4S/c1-12-6-8-13(9-7-12)16-18-19-17(24-16)25-11-10-23-15-5-3-2-4-14(15)20(21)22/h2-9H,10-11H2,1H3. The molecule has 3 rings (SSSR count). The third-order valence-corrected chi connectivity index (χ3v) is 4.12. The number of nitro benzene ring substituents is 1. The van der Waals surface area contributed by atoms with Crippen LogP contribution >= 0.6 is 11.8 Å². The number of benzene rings is 2. The Morgan fingerprint density at radius 2 is 1.92 bits per heavy atom. The molecule has 7 nitrogen and oxygen atoms in total. The molecule has 0 aliphatic rings. The van der Waals surface area contributed by atoms with Crippen LogP contribution in [-0.2, 0) is 0 Å². The summed E-state index contributed by atoms with van der Waals surface area (Å²) in [6, 6.07) is 14.1. The number of aryl methyl sites for hydroxylation is 1. The van der Waals surface area contributed by atoms with Crippen LogP contribution < -0.4 is 4.74 Å². The van der Waals surface area contributed by atoms with Crippen molar-refractivity contribution < 1.29 is 14.1 Å². The van der Waals surface area contributed by atoms with Gasteiger partial charge in [0.15, 0.2) is 5.75 Å². The molecular weight excluding hydrogens is 342 g/mol. The van der Waals surface area contributed by atoms with E-state index in [1.165, 1.54) is 17.8 Å². The molecule has 0 bridgehead atoms. The minimum atomic E-state index is -0.464. The molecule has 8 heteroatoms. The van der Waals surface area contributed by atoms with E-state index in [1.807, 2.05) is 31.2 Å². The number of aromatic nitrogens is 2. The highest BCUT2D eigenvalue weighted by Crippen LogP contribution is 2.27. The number of nitro groups is 1. The van der Waals surface area contributed by atoms with Gasteiger partial charge in [-0.25, -0.2) is 0 Å². The lowest BCUT2D eigenvalue weighted by molar-refractivity contribution is -0.385. The van der Waals surface area contributed by atoms with Crippen molar-refractivity contribution in [2.75, 3.05) is 12.4 Å². The third-order valence-electron chi connectivity index (χ3n) is 3.33. The fourth-order valence-corrected chi connectivity index (χ4v) is 2.67. The molecule has 0 spiro atoms. The quantitative estimate of drug-likeness (QED) is 0.272. The van der Waals surface area contributed by atoms with E-state index in [1.54, 1.807) is 18.2 Å². The molecule has 1 heterocycles. The van der Waals surface area contributed by atoms with Gasteiger partial charge in [-0.05, 0) is 25.1 Å². The molecule has 0 aliphatic heterocycles. The Labute approximate surface area is 148 Å². The average molecular weight is 357 g/mol. The number of rotatable bonds is 7. The molecule has 0 unspecified atom stereocenters. The van der Waals surface area contributed by atoms with E-state index in [0.717, 1.165) is 11.1 Å². The molecule has 0 aliphatic carbocycles. The summed E-state index contributed by atoms with van der Waals surface area (Å²) in [7, 11) is 0. The van der Waals surface area contributed by atoms with Gasteiger partial charge in [0.1, 0.15) is 0 Å². The van der Waals surface area contributed by atoms with Crippen LogP contribution in [0.3, 0.4) is 0 Å². The topological polar surface area (TPSA) is 91.3 Å². The molecule has 2 aromatic carbocycles. The predicted octanol–water partition coefficient (Wildman–Crippen LogP) is 4.12. The zero-order valence-corrected chi connectivity index (χ0v) is 14.2. The van der Waals surface area contributed by atoms with Crippen molar-refractivity contribution in [1.82, 2.24) is 10.2 Å². The van der Waals surface area contributed by atoms with Gasteiger partial charge in [-0.2, -0.15) is 0 Å². The highest BCUT2D eigenvalue weighted by molar-refractivity contribution is 7.99. The second-order valence-electron chi connectivity index (χ2n) is 5.16. The van der Waals surface area contributed by atoms with Gasteiger partial charge in [0.25, 0.3) is 5.22 Å². The van der Waals surface area contributed by atoms with E-state index in [-0.39, 0.29) is 18.0 Å². The fraction of sp³-hybridized carbons (Fsp3) is 0.176. The SMILES string of the molecule is Cc1ccc(-c2nnc(SCCOc3ccccc3[N+](=O)[O-])o2)cc1. The van der Waals surface area contributed by atoms with Crippen molar-refractivity contribution in [3.8, 4) is 17.2 Å². The summed E-state index contributed by atoms with van der Waals surface area (Å²) < 4.78 is 11.1. The highest BCUT2D eigenvalue weighted by atomic mass is 32.2. The van der Waals surface area contributed by atoms with Crippen molar-refractivity contribution in [2.45, 2.75) is 12.1 Å². The highest BCUT2D eigenvalue weighted by Gasteiger charge is 2.14. The third kappa shape index (κ3) is 4.36. The van der Waals surface area contributed by atoms with Crippen LogP contribution in [0.4, 0.5) is 5.69 Å². The van der Waals surface area contributed by atoms with Gasteiger partial charge in [-0.1, -0.05) is 41.6 Å². The van der Waals surface area contributed by atoms with Gasteiger partial charge in [-0.15, -0.1) is 10.2 Å². The first-order valence-electron chi connectivity index (χ1n) is 7.53. The molecule has 1 aromatic heterocycles. The van der Waals surface area contributed by atoms with E-state index < -0.39 is 4.92 Å². The van der Waals surface area contributed by atoms with Crippen molar-refractivity contribution in [3.63, 3.8) is 0 Å². The van der Waals surface area contributed by atoms with E-state index >= 15 is 0 Å². The minimum Gasteiger partial charge on any atom is -0.486 e. The largest absolute Gasteiger partial charge is 0.486 e. The Balaban J connectivity index is 1.53. The second-order valence-corrected chi connectivity index (χ2v) is 6.21. The molecule has 3 aromatic rings. The monoisotopic (exact) mass is 357 g/mol. The van der Waals surface area contributed by atoms with E-state index in [2.05, 4.69) is 10.2 Å². The zero-order chi connectivity index (χ0) is 17.6. The van der Waals surface area contributed by atoms with Crippen molar-refractivity contribution in [2.24, 2.45) is 0 Å².